The van der Waals surface area contributed by atoms with Gasteiger partial charge in [0.25, 0.3) is 0 Å². The fourth-order valence-corrected chi connectivity index (χ4v) is 2.81. The Labute approximate surface area is 139 Å². The average Bonchev–Trinajstić information content (AvgIpc) is 2.92. The molecule has 3 heterocycles. The second kappa shape index (κ2) is 6.48. The zero-order valence-electron chi connectivity index (χ0n) is 12.2. The number of piperazine rings is 1. The maximum Gasteiger partial charge on any atom is 0.417 e. The molecule has 1 fully saturated rings. The van der Waals surface area contributed by atoms with Gasteiger partial charge in [0, 0.05) is 38.6 Å². The molecule has 0 saturated carbocycles. The molecule has 23 heavy (non-hydrogen) atoms. The molecule has 1 aliphatic heterocycles. The zero-order valence-corrected chi connectivity index (χ0v) is 13.8. The van der Waals surface area contributed by atoms with Crippen molar-refractivity contribution in [2.45, 2.75) is 12.8 Å². The van der Waals surface area contributed by atoms with Gasteiger partial charge in [0.1, 0.15) is 5.82 Å². The predicted molar refractivity (Wildman–Crippen MR) is 83.0 cm³/mol. The van der Waals surface area contributed by atoms with Crippen molar-refractivity contribution in [2.75, 3.05) is 31.1 Å². The van der Waals surface area contributed by atoms with Crippen LogP contribution in [-0.2, 0) is 12.8 Å². The minimum Gasteiger partial charge on any atom is -0.354 e. The highest BCUT2D eigenvalue weighted by Crippen LogP contribution is 2.29. The summed E-state index contributed by atoms with van der Waals surface area (Å²) in [6, 6.07) is 2.51. The van der Waals surface area contributed by atoms with Crippen molar-refractivity contribution >= 4 is 21.7 Å². The van der Waals surface area contributed by atoms with E-state index < -0.39 is 11.7 Å². The number of pyridine rings is 1. The molecule has 3 rings (SSSR count). The summed E-state index contributed by atoms with van der Waals surface area (Å²) in [5, 5.41) is 4.22. The van der Waals surface area contributed by atoms with Crippen LogP contribution in [0.5, 0.6) is 0 Å². The molecule has 0 unspecified atom stereocenters. The average molecular weight is 390 g/mol. The lowest BCUT2D eigenvalue weighted by molar-refractivity contribution is -0.137. The summed E-state index contributed by atoms with van der Waals surface area (Å²) in [5.41, 5.74) is -0.718. The summed E-state index contributed by atoms with van der Waals surface area (Å²) < 4.78 is 40.4. The summed E-state index contributed by atoms with van der Waals surface area (Å²) >= 11 is 3.36. The number of alkyl halides is 3. The number of anilines is 1. The quantitative estimate of drug-likeness (QED) is 0.808. The Morgan fingerprint density at radius 1 is 1.09 bits per heavy atom. The van der Waals surface area contributed by atoms with Gasteiger partial charge in [0.05, 0.1) is 22.9 Å². The number of nitrogens with zero attached hydrogens (tertiary/aromatic N) is 5. The van der Waals surface area contributed by atoms with Gasteiger partial charge in [-0.05, 0) is 28.1 Å². The smallest absolute Gasteiger partial charge is 0.354 e. The molecule has 124 valence electrons. The van der Waals surface area contributed by atoms with E-state index in [4.69, 9.17) is 0 Å². The van der Waals surface area contributed by atoms with Crippen LogP contribution in [-0.4, -0.2) is 45.8 Å². The lowest BCUT2D eigenvalue weighted by Gasteiger charge is -2.35. The maximum absolute atomic E-state index is 12.5. The van der Waals surface area contributed by atoms with Gasteiger partial charge in [0.2, 0.25) is 0 Å². The van der Waals surface area contributed by atoms with E-state index in [1.807, 2.05) is 15.8 Å². The van der Waals surface area contributed by atoms with Crippen LogP contribution < -0.4 is 4.90 Å². The Morgan fingerprint density at radius 3 is 2.35 bits per heavy atom. The minimum atomic E-state index is -4.34. The number of hydrogen-bond acceptors (Lipinski definition) is 4. The van der Waals surface area contributed by atoms with E-state index in [2.05, 4.69) is 30.9 Å². The molecule has 5 nitrogen and oxygen atoms in total. The first-order chi connectivity index (χ1) is 10.9. The monoisotopic (exact) mass is 389 g/mol. The van der Waals surface area contributed by atoms with Crippen molar-refractivity contribution in [3.05, 3.63) is 40.8 Å². The highest BCUT2D eigenvalue weighted by molar-refractivity contribution is 9.10. The van der Waals surface area contributed by atoms with Crippen molar-refractivity contribution in [2.24, 2.45) is 0 Å². The van der Waals surface area contributed by atoms with E-state index in [9.17, 15) is 13.2 Å². The van der Waals surface area contributed by atoms with Crippen LogP contribution in [0.1, 0.15) is 5.56 Å². The van der Waals surface area contributed by atoms with Gasteiger partial charge in [0.15, 0.2) is 0 Å². The Morgan fingerprint density at radius 2 is 1.83 bits per heavy atom. The van der Waals surface area contributed by atoms with Crippen LogP contribution in [0.3, 0.4) is 0 Å². The summed E-state index contributed by atoms with van der Waals surface area (Å²) in [6.45, 7) is 3.75. The van der Waals surface area contributed by atoms with E-state index in [1.165, 1.54) is 6.07 Å². The number of halogens is 4. The molecule has 0 spiro atoms. The Bertz CT molecular complexity index is 647. The van der Waals surface area contributed by atoms with Gasteiger partial charge in [-0.2, -0.15) is 18.3 Å². The van der Waals surface area contributed by atoms with E-state index in [1.54, 1.807) is 6.20 Å². The first-order valence-corrected chi connectivity index (χ1v) is 7.89. The Kier molecular flexibility index (Phi) is 4.58. The van der Waals surface area contributed by atoms with Crippen molar-refractivity contribution in [3.63, 3.8) is 0 Å². The second-order valence-corrected chi connectivity index (χ2v) is 6.26. The first-order valence-electron chi connectivity index (χ1n) is 7.10. The molecule has 0 N–H and O–H groups in total. The maximum atomic E-state index is 12.5. The topological polar surface area (TPSA) is 37.2 Å². The fourth-order valence-electron chi connectivity index (χ4n) is 2.48. The third-order valence-corrected chi connectivity index (χ3v) is 4.13. The van der Waals surface area contributed by atoms with Crippen LogP contribution in [0.4, 0.5) is 19.0 Å². The molecule has 0 atom stereocenters. The summed E-state index contributed by atoms with van der Waals surface area (Å²) in [5.74, 6) is 0.583. The zero-order chi connectivity index (χ0) is 16.4. The normalized spacial score (nSPS) is 16.8. The van der Waals surface area contributed by atoms with Crippen molar-refractivity contribution in [1.29, 1.82) is 0 Å². The Hall–Kier alpha value is -1.61. The number of aromatic nitrogens is 3. The summed E-state index contributed by atoms with van der Waals surface area (Å²) in [4.78, 5) is 8.18. The van der Waals surface area contributed by atoms with Gasteiger partial charge >= 0.3 is 6.18 Å². The molecule has 1 aliphatic rings. The largest absolute Gasteiger partial charge is 0.417 e. The molecule has 1 saturated heterocycles. The molecule has 0 aliphatic carbocycles. The molecule has 0 aromatic carbocycles. The fraction of sp³-hybridized carbons (Fsp3) is 0.429. The van der Waals surface area contributed by atoms with E-state index in [0.29, 0.717) is 12.5 Å². The van der Waals surface area contributed by atoms with Gasteiger partial charge in [-0.15, -0.1) is 0 Å². The van der Waals surface area contributed by atoms with Crippen LogP contribution in [0, 0.1) is 0 Å². The van der Waals surface area contributed by atoms with Crippen molar-refractivity contribution < 1.29 is 13.2 Å². The summed E-state index contributed by atoms with van der Waals surface area (Å²) in [7, 11) is 0. The van der Waals surface area contributed by atoms with Gasteiger partial charge in [-0.25, -0.2) is 4.98 Å². The standard InChI is InChI=1S/C14H15BrF3N5/c15-12-8-20-23(9-12)10-21-3-5-22(6-4-21)13-2-1-11(7-19-13)14(16,17)18/h1-2,7-9H,3-6,10H2. The van der Waals surface area contributed by atoms with Gasteiger partial charge in [-0.1, -0.05) is 0 Å². The molecule has 0 amide bonds. The third kappa shape index (κ3) is 4.03. The molecule has 2 aromatic heterocycles. The molecule has 0 radical (unpaired) electrons. The Balaban J connectivity index is 1.56. The molecule has 9 heteroatoms. The SMILES string of the molecule is FC(F)(F)c1ccc(N2CCN(Cn3cc(Br)cn3)CC2)nc1. The lowest BCUT2D eigenvalue weighted by Crippen LogP contribution is -2.47. The highest BCUT2D eigenvalue weighted by Gasteiger charge is 2.31. The molecule has 0 bridgehead atoms. The van der Waals surface area contributed by atoms with E-state index >= 15 is 0 Å². The number of rotatable bonds is 3. The predicted octanol–water partition coefficient (Wildman–Crippen LogP) is 2.84. The highest BCUT2D eigenvalue weighted by atomic mass is 79.9. The molecule has 2 aromatic rings. The van der Waals surface area contributed by atoms with Crippen molar-refractivity contribution in [3.8, 4) is 0 Å². The third-order valence-electron chi connectivity index (χ3n) is 3.72. The van der Waals surface area contributed by atoms with Crippen LogP contribution in [0.15, 0.2) is 35.2 Å². The van der Waals surface area contributed by atoms with E-state index in [0.717, 1.165) is 42.9 Å². The number of hydrogen-bond donors (Lipinski definition) is 0. The van der Waals surface area contributed by atoms with Crippen LogP contribution in [0.25, 0.3) is 0 Å². The van der Waals surface area contributed by atoms with Gasteiger partial charge in [-0.3, -0.25) is 9.58 Å². The summed E-state index contributed by atoms with van der Waals surface area (Å²) in [6.07, 6.45) is 0.192. The first kappa shape index (κ1) is 16.3. The second-order valence-electron chi connectivity index (χ2n) is 5.35. The van der Waals surface area contributed by atoms with Crippen LogP contribution in [0.2, 0.25) is 0 Å². The van der Waals surface area contributed by atoms with Gasteiger partial charge < -0.3 is 4.90 Å². The molecular weight excluding hydrogens is 375 g/mol. The van der Waals surface area contributed by atoms with Crippen molar-refractivity contribution in [1.82, 2.24) is 19.7 Å². The van der Waals surface area contributed by atoms with E-state index in [-0.39, 0.29) is 0 Å². The molecular formula is C14H15BrF3N5. The minimum absolute atomic E-state index is 0.583. The van der Waals surface area contributed by atoms with Crippen LogP contribution >= 0.6 is 15.9 Å². The lowest BCUT2D eigenvalue weighted by atomic mass is 10.2.